The number of pyridine rings is 1. The maximum absolute atomic E-state index is 11.6. The molecule has 26 heavy (non-hydrogen) atoms. The van der Waals surface area contributed by atoms with E-state index < -0.39 is 0 Å². The van der Waals surface area contributed by atoms with Crippen LogP contribution in [-0.4, -0.2) is 27.2 Å². The van der Waals surface area contributed by atoms with E-state index in [1.807, 2.05) is 24.4 Å². The van der Waals surface area contributed by atoms with Crippen molar-refractivity contribution in [3.05, 3.63) is 53.9 Å². The lowest BCUT2D eigenvalue weighted by molar-refractivity contribution is -0.114. The maximum atomic E-state index is 11.6. The summed E-state index contributed by atoms with van der Waals surface area (Å²) >= 11 is 0. The van der Waals surface area contributed by atoms with Crippen LogP contribution in [0.5, 0.6) is 0 Å². The van der Waals surface area contributed by atoms with Crippen molar-refractivity contribution in [2.24, 2.45) is 0 Å². The number of hydrogen-bond donors (Lipinski definition) is 2. The lowest BCUT2D eigenvalue weighted by Gasteiger charge is -2.06. The van der Waals surface area contributed by atoms with Crippen LogP contribution in [0, 0.1) is 11.3 Å². The largest absolute Gasteiger partial charge is 0.369 e. The first-order valence-corrected chi connectivity index (χ1v) is 8.25. The number of amides is 1. The number of carbonyl (C=O) groups is 1. The summed E-state index contributed by atoms with van der Waals surface area (Å²) < 4.78 is 1.76. The second-order valence-corrected chi connectivity index (χ2v) is 6.04. The Labute approximate surface area is 150 Å². The van der Waals surface area contributed by atoms with Gasteiger partial charge >= 0.3 is 0 Å². The van der Waals surface area contributed by atoms with Gasteiger partial charge < -0.3 is 10.6 Å². The van der Waals surface area contributed by atoms with Crippen molar-refractivity contribution in [1.82, 2.24) is 14.8 Å². The zero-order valence-electron chi connectivity index (χ0n) is 14.2. The highest BCUT2D eigenvalue weighted by Crippen LogP contribution is 2.31. The third-order valence-corrected chi connectivity index (χ3v) is 4.26. The maximum Gasteiger partial charge on any atom is 0.222 e. The van der Waals surface area contributed by atoms with Crippen molar-refractivity contribution in [3.63, 3.8) is 0 Å². The van der Waals surface area contributed by atoms with Gasteiger partial charge in [-0.3, -0.25) is 4.79 Å². The molecule has 2 aromatic heterocycles. The zero-order chi connectivity index (χ0) is 18.1. The van der Waals surface area contributed by atoms with E-state index in [4.69, 9.17) is 5.26 Å². The Bertz CT molecular complexity index is 1050. The number of nitrogens with zero attached hydrogens (tertiary/aromatic N) is 4. The molecule has 1 aromatic carbocycles. The first-order chi connectivity index (χ1) is 12.7. The molecule has 7 nitrogen and oxygen atoms in total. The molecule has 0 unspecified atom stereocenters. The van der Waals surface area contributed by atoms with Crippen molar-refractivity contribution >= 4 is 17.5 Å². The number of rotatable bonds is 3. The Morgan fingerprint density at radius 1 is 1.38 bits per heavy atom. The molecule has 0 fully saturated rings. The van der Waals surface area contributed by atoms with Gasteiger partial charge in [0.1, 0.15) is 5.82 Å². The number of aromatic nitrogens is 3. The molecule has 1 amide bonds. The summed E-state index contributed by atoms with van der Waals surface area (Å²) in [5.74, 6) is 1.13. The van der Waals surface area contributed by atoms with Gasteiger partial charge in [-0.05, 0) is 30.2 Å². The van der Waals surface area contributed by atoms with E-state index in [1.165, 1.54) is 6.92 Å². The number of nitrogens with one attached hydrogen (secondary N) is 2. The molecular formula is C19H16N6O. The summed E-state index contributed by atoms with van der Waals surface area (Å²) in [4.78, 5) is 16.0. The van der Waals surface area contributed by atoms with Gasteiger partial charge in [0.2, 0.25) is 5.91 Å². The molecule has 2 N–H and O–H groups in total. The normalized spacial score (nSPS) is 12.2. The van der Waals surface area contributed by atoms with E-state index in [9.17, 15) is 4.79 Å². The molecule has 7 heteroatoms. The molecule has 0 radical (unpaired) electrons. The molecule has 4 rings (SSSR count). The Hall–Kier alpha value is -3.66. The van der Waals surface area contributed by atoms with E-state index in [-0.39, 0.29) is 5.91 Å². The Morgan fingerprint density at radius 3 is 3.08 bits per heavy atom. The van der Waals surface area contributed by atoms with Crippen LogP contribution in [0.3, 0.4) is 0 Å². The molecule has 0 bridgehead atoms. The fraction of sp³-hybridized carbons (Fsp3) is 0.158. The molecule has 0 saturated carbocycles. The quantitative estimate of drug-likeness (QED) is 0.762. The van der Waals surface area contributed by atoms with Gasteiger partial charge in [-0.2, -0.15) is 5.26 Å². The van der Waals surface area contributed by atoms with Gasteiger partial charge in [0.25, 0.3) is 0 Å². The van der Waals surface area contributed by atoms with Crippen LogP contribution in [0.4, 0.5) is 11.6 Å². The lowest BCUT2D eigenvalue weighted by atomic mass is 10.1. The van der Waals surface area contributed by atoms with E-state index in [2.05, 4.69) is 26.8 Å². The summed E-state index contributed by atoms with van der Waals surface area (Å²) in [6, 6.07) is 11.3. The fourth-order valence-electron chi connectivity index (χ4n) is 3.13. The number of benzene rings is 1. The third kappa shape index (κ3) is 2.78. The molecule has 3 aromatic rings. The first kappa shape index (κ1) is 15.8. The zero-order valence-corrected chi connectivity index (χ0v) is 14.2. The predicted octanol–water partition coefficient (Wildman–Crippen LogP) is 2.73. The number of anilines is 2. The first-order valence-electron chi connectivity index (χ1n) is 8.25. The topological polar surface area (TPSA) is 95.6 Å². The molecule has 1 aliphatic heterocycles. The number of hydrogen-bond acceptors (Lipinski definition) is 5. The number of fused-ring (bicyclic) bond motifs is 1. The van der Waals surface area contributed by atoms with Gasteiger partial charge in [-0.1, -0.05) is 12.1 Å². The minimum absolute atomic E-state index is 0.199. The number of carbonyl (C=O) groups excluding carboxylic acids is 1. The van der Waals surface area contributed by atoms with Crippen molar-refractivity contribution in [3.8, 4) is 22.9 Å². The van der Waals surface area contributed by atoms with Crippen LogP contribution in [0.15, 0.2) is 42.7 Å². The van der Waals surface area contributed by atoms with Gasteiger partial charge in [0.15, 0.2) is 5.82 Å². The molecule has 0 atom stereocenters. The summed E-state index contributed by atoms with van der Waals surface area (Å²) in [5, 5.41) is 19.8. The molecule has 0 aliphatic carbocycles. The summed E-state index contributed by atoms with van der Waals surface area (Å²) in [6.07, 6.45) is 4.48. The molecule has 128 valence electrons. The van der Waals surface area contributed by atoms with Crippen LogP contribution in [0.25, 0.3) is 16.8 Å². The van der Waals surface area contributed by atoms with E-state index in [0.717, 1.165) is 41.2 Å². The minimum atomic E-state index is -0.199. The van der Waals surface area contributed by atoms with Gasteiger partial charge in [0.05, 0.1) is 17.3 Å². The van der Waals surface area contributed by atoms with Gasteiger partial charge in [-0.25, -0.2) is 9.67 Å². The summed E-state index contributed by atoms with van der Waals surface area (Å²) in [6.45, 7) is 2.29. The average Bonchev–Trinajstić information content (AvgIpc) is 3.28. The molecule has 0 spiro atoms. The van der Waals surface area contributed by atoms with Gasteiger partial charge in [-0.15, -0.1) is 5.10 Å². The highest BCUT2D eigenvalue weighted by atomic mass is 16.1. The second kappa shape index (κ2) is 6.33. The standard InChI is InChI=1S/C19H16N6O/c1-12(26)23-19-16(14-4-2-3-13(9-14)10-20)11-25(24-19)17-6-8-22-18-15(17)5-7-21-18/h2-4,6,8-9,11H,5,7H2,1H3,(H,21,22)(H,23,24,26). The van der Waals surface area contributed by atoms with E-state index in [1.54, 1.807) is 23.0 Å². The summed E-state index contributed by atoms with van der Waals surface area (Å²) in [5.41, 5.74) is 4.16. The van der Waals surface area contributed by atoms with Crippen LogP contribution in [0.2, 0.25) is 0 Å². The van der Waals surface area contributed by atoms with Crippen molar-refractivity contribution < 1.29 is 4.79 Å². The molecular weight excluding hydrogens is 328 g/mol. The lowest BCUT2D eigenvalue weighted by Crippen LogP contribution is -2.08. The highest BCUT2D eigenvalue weighted by Gasteiger charge is 2.19. The Morgan fingerprint density at radius 2 is 2.27 bits per heavy atom. The van der Waals surface area contributed by atoms with Gasteiger partial charge in [0, 0.05) is 37.0 Å². The molecule has 1 aliphatic rings. The van der Waals surface area contributed by atoms with Crippen molar-refractivity contribution in [2.75, 3.05) is 17.2 Å². The second-order valence-electron chi connectivity index (χ2n) is 6.04. The minimum Gasteiger partial charge on any atom is -0.369 e. The van der Waals surface area contributed by atoms with Crippen LogP contribution >= 0.6 is 0 Å². The third-order valence-electron chi connectivity index (χ3n) is 4.26. The van der Waals surface area contributed by atoms with Crippen molar-refractivity contribution in [1.29, 1.82) is 5.26 Å². The predicted molar refractivity (Wildman–Crippen MR) is 98.0 cm³/mol. The van der Waals surface area contributed by atoms with Crippen molar-refractivity contribution in [2.45, 2.75) is 13.3 Å². The Balaban J connectivity index is 1.86. The Kier molecular flexibility index (Phi) is 3.86. The highest BCUT2D eigenvalue weighted by molar-refractivity contribution is 5.92. The number of nitriles is 1. The average molecular weight is 344 g/mol. The fourth-order valence-corrected chi connectivity index (χ4v) is 3.13. The smallest absolute Gasteiger partial charge is 0.222 e. The molecule has 3 heterocycles. The molecule has 0 saturated heterocycles. The van der Waals surface area contributed by atoms with E-state index >= 15 is 0 Å². The van der Waals surface area contributed by atoms with Crippen LogP contribution in [-0.2, 0) is 11.2 Å². The van der Waals surface area contributed by atoms with E-state index in [0.29, 0.717) is 11.4 Å². The van der Waals surface area contributed by atoms with Crippen LogP contribution in [0.1, 0.15) is 18.1 Å². The monoisotopic (exact) mass is 344 g/mol. The van der Waals surface area contributed by atoms with Crippen LogP contribution < -0.4 is 10.6 Å². The SMILES string of the molecule is CC(=O)Nc1nn(-c2ccnc3c2CCN3)cc1-c1cccc(C#N)c1. The summed E-state index contributed by atoms with van der Waals surface area (Å²) in [7, 11) is 0.